The van der Waals surface area contributed by atoms with Gasteiger partial charge in [0.15, 0.2) is 0 Å². The standard InChI is InChI=1S/C28H38Si/c1-7-19(2)18-29(5,6)28-21(4)17-27-24(13-10-14-26(27)28)25-16-15-20(3)22-11-8-9-12-23(22)25/h8-16,19,21,26-28H,7,17-18H2,1-6H3. The van der Waals surface area contributed by atoms with Gasteiger partial charge in [0.25, 0.3) is 0 Å². The van der Waals surface area contributed by atoms with Gasteiger partial charge in [-0.05, 0) is 70.0 Å². The average Bonchev–Trinajstić information content (AvgIpc) is 3.05. The maximum atomic E-state index is 2.68. The zero-order valence-corrected chi connectivity index (χ0v) is 20.2. The van der Waals surface area contributed by atoms with Crippen molar-refractivity contribution >= 4 is 24.4 Å². The van der Waals surface area contributed by atoms with Crippen LogP contribution in [0.25, 0.3) is 16.3 Å². The minimum Gasteiger partial charge on any atom is -0.0808 e. The van der Waals surface area contributed by atoms with E-state index in [9.17, 15) is 0 Å². The molecule has 29 heavy (non-hydrogen) atoms. The molecule has 1 heteroatoms. The zero-order chi connectivity index (χ0) is 20.8. The average molecular weight is 403 g/mol. The normalized spacial score (nSPS) is 27.7. The monoisotopic (exact) mass is 402 g/mol. The van der Waals surface area contributed by atoms with Crippen molar-refractivity contribution < 1.29 is 0 Å². The molecule has 0 nitrogen and oxygen atoms in total. The highest BCUT2D eigenvalue weighted by Gasteiger charge is 2.49. The van der Waals surface area contributed by atoms with Crippen LogP contribution in [0.5, 0.6) is 0 Å². The van der Waals surface area contributed by atoms with E-state index in [2.05, 4.69) is 95.4 Å². The molecule has 0 bridgehead atoms. The Kier molecular flexibility index (Phi) is 5.63. The van der Waals surface area contributed by atoms with Gasteiger partial charge in [-0.2, -0.15) is 0 Å². The van der Waals surface area contributed by atoms with E-state index in [-0.39, 0.29) is 0 Å². The van der Waals surface area contributed by atoms with E-state index in [1.54, 1.807) is 5.57 Å². The highest BCUT2D eigenvalue weighted by molar-refractivity contribution is 6.79. The van der Waals surface area contributed by atoms with Crippen molar-refractivity contribution in [1.82, 2.24) is 0 Å². The Balaban J connectivity index is 1.72. The molecule has 0 amide bonds. The Bertz CT molecular complexity index is 948. The summed E-state index contributed by atoms with van der Waals surface area (Å²) in [4.78, 5) is 0. The Morgan fingerprint density at radius 2 is 1.79 bits per heavy atom. The molecular formula is C28H38Si. The summed E-state index contributed by atoms with van der Waals surface area (Å²) >= 11 is 0. The van der Waals surface area contributed by atoms with Crippen molar-refractivity contribution in [1.29, 1.82) is 0 Å². The van der Waals surface area contributed by atoms with Gasteiger partial charge in [-0.1, -0.05) is 101 Å². The van der Waals surface area contributed by atoms with Gasteiger partial charge in [-0.3, -0.25) is 0 Å². The quantitative estimate of drug-likeness (QED) is 0.440. The van der Waals surface area contributed by atoms with Crippen molar-refractivity contribution in [2.45, 2.75) is 65.2 Å². The molecule has 4 rings (SSSR count). The van der Waals surface area contributed by atoms with Crippen LogP contribution in [0, 0.1) is 30.6 Å². The summed E-state index contributed by atoms with van der Waals surface area (Å²) in [6.45, 7) is 15.0. The number of hydrogen-bond acceptors (Lipinski definition) is 0. The fourth-order valence-corrected chi connectivity index (χ4v) is 12.2. The van der Waals surface area contributed by atoms with E-state index in [0.717, 1.165) is 23.3 Å². The molecule has 154 valence electrons. The SMILES string of the molecule is CCC(C)C[Si](C)(C)C1C(C)CC2C(c3ccc(C)c4ccccc34)=CC=CC21. The number of rotatable bonds is 5. The Morgan fingerprint density at radius 3 is 2.52 bits per heavy atom. The van der Waals surface area contributed by atoms with Crippen LogP contribution in [0.2, 0.25) is 24.7 Å². The van der Waals surface area contributed by atoms with Gasteiger partial charge >= 0.3 is 0 Å². The predicted molar refractivity (Wildman–Crippen MR) is 132 cm³/mol. The first-order valence-corrected chi connectivity index (χ1v) is 15.0. The first kappa shape index (κ1) is 20.7. The second-order valence-electron chi connectivity index (χ2n) is 10.6. The van der Waals surface area contributed by atoms with E-state index in [1.807, 2.05) is 0 Å². The molecule has 1 fully saturated rings. The van der Waals surface area contributed by atoms with Crippen molar-refractivity contribution in [3.05, 3.63) is 65.8 Å². The molecule has 0 aliphatic heterocycles. The van der Waals surface area contributed by atoms with Crippen molar-refractivity contribution in [3.63, 3.8) is 0 Å². The van der Waals surface area contributed by atoms with Crippen LogP contribution < -0.4 is 0 Å². The van der Waals surface area contributed by atoms with Gasteiger partial charge in [0, 0.05) is 0 Å². The lowest BCUT2D eigenvalue weighted by atomic mass is 9.79. The lowest BCUT2D eigenvalue weighted by Crippen LogP contribution is -2.39. The minimum absolute atomic E-state index is 0.690. The smallest absolute Gasteiger partial charge is 0.0516 e. The highest BCUT2D eigenvalue weighted by atomic mass is 28.3. The molecule has 2 aliphatic rings. The third kappa shape index (κ3) is 3.67. The van der Waals surface area contributed by atoms with Crippen LogP contribution in [0.3, 0.4) is 0 Å². The number of allylic oxidation sites excluding steroid dienone is 4. The molecule has 2 aromatic rings. The maximum absolute atomic E-state index is 2.68. The summed E-state index contributed by atoms with van der Waals surface area (Å²) in [6.07, 6.45) is 10.1. The number of fused-ring (bicyclic) bond motifs is 2. The van der Waals surface area contributed by atoms with E-state index < -0.39 is 8.07 Å². The lowest BCUT2D eigenvalue weighted by Gasteiger charge is -2.39. The first-order chi connectivity index (χ1) is 13.8. The summed E-state index contributed by atoms with van der Waals surface area (Å²) in [5.74, 6) is 3.12. The predicted octanol–water partition coefficient (Wildman–Crippen LogP) is 8.50. The molecule has 0 aromatic heterocycles. The van der Waals surface area contributed by atoms with Crippen molar-refractivity contribution in [3.8, 4) is 0 Å². The fraction of sp³-hybridized carbons (Fsp3) is 0.500. The first-order valence-electron chi connectivity index (χ1n) is 11.7. The summed E-state index contributed by atoms with van der Waals surface area (Å²) in [6, 6.07) is 15.2. The highest BCUT2D eigenvalue weighted by Crippen LogP contribution is 2.58. The third-order valence-electron chi connectivity index (χ3n) is 8.05. The number of benzene rings is 2. The molecule has 1 saturated carbocycles. The van der Waals surface area contributed by atoms with Crippen LogP contribution in [0.15, 0.2) is 54.6 Å². The zero-order valence-electron chi connectivity index (χ0n) is 19.2. The van der Waals surface area contributed by atoms with E-state index >= 15 is 0 Å². The molecule has 0 spiro atoms. The van der Waals surface area contributed by atoms with E-state index in [4.69, 9.17) is 0 Å². The van der Waals surface area contributed by atoms with Crippen molar-refractivity contribution in [2.24, 2.45) is 23.7 Å². The van der Waals surface area contributed by atoms with E-state index in [1.165, 1.54) is 40.8 Å². The molecule has 2 aromatic carbocycles. The van der Waals surface area contributed by atoms with Gasteiger partial charge < -0.3 is 0 Å². The van der Waals surface area contributed by atoms with Crippen LogP contribution in [-0.2, 0) is 0 Å². The molecule has 0 radical (unpaired) electrons. The maximum Gasteiger partial charge on any atom is 0.0516 e. The van der Waals surface area contributed by atoms with Crippen LogP contribution in [-0.4, -0.2) is 8.07 Å². The Hall–Kier alpha value is -1.60. The number of aryl methyl sites for hydroxylation is 1. The van der Waals surface area contributed by atoms with Crippen molar-refractivity contribution in [2.75, 3.05) is 0 Å². The number of hydrogen-bond donors (Lipinski definition) is 0. The molecular weight excluding hydrogens is 364 g/mol. The topological polar surface area (TPSA) is 0 Å². The molecule has 0 N–H and O–H groups in total. The second-order valence-corrected chi connectivity index (χ2v) is 15.7. The summed E-state index contributed by atoms with van der Waals surface area (Å²) in [7, 11) is -1.30. The van der Waals surface area contributed by atoms with Gasteiger partial charge in [-0.25, -0.2) is 0 Å². The molecule has 5 unspecified atom stereocenters. The molecule has 2 aliphatic carbocycles. The second kappa shape index (κ2) is 7.91. The van der Waals surface area contributed by atoms with E-state index in [0.29, 0.717) is 5.92 Å². The summed E-state index contributed by atoms with van der Waals surface area (Å²) < 4.78 is 0. The minimum atomic E-state index is -1.30. The molecule has 0 heterocycles. The van der Waals surface area contributed by atoms with Gasteiger partial charge in [0.1, 0.15) is 0 Å². The van der Waals surface area contributed by atoms with Crippen LogP contribution in [0.1, 0.15) is 44.7 Å². The van der Waals surface area contributed by atoms with Crippen LogP contribution in [0.4, 0.5) is 0 Å². The van der Waals surface area contributed by atoms with Gasteiger partial charge in [0.05, 0.1) is 8.07 Å². The fourth-order valence-electron chi connectivity index (χ4n) is 6.79. The summed E-state index contributed by atoms with van der Waals surface area (Å²) in [5.41, 5.74) is 5.35. The van der Waals surface area contributed by atoms with Crippen LogP contribution >= 0.6 is 0 Å². The van der Waals surface area contributed by atoms with Gasteiger partial charge in [0.2, 0.25) is 0 Å². The summed E-state index contributed by atoms with van der Waals surface area (Å²) in [5, 5.41) is 2.84. The third-order valence-corrected chi connectivity index (χ3v) is 12.6. The van der Waals surface area contributed by atoms with Gasteiger partial charge in [-0.15, -0.1) is 0 Å². The largest absolute Gasteiger partial charge is 0.0808 e. The lowest BCUT2D eigenvalue weighted by molar-refractivity contribution is 0.533. The molecule has 0 saturated heterocycles. The Labute approximate surface area is 179 Å². The molecule has 5 atom stereocenters. The Morgan fingerprint density at radius 1 is 1.07 bits per heavy atom.